The molecule has 2 aromatic rings. The number of benzene rings is 1. The molecule has 1 aromatic heterocycles. The van der Waals surface area contributed by atoms with E-state index in [4.69, 9.17) is 17.3 Å². The van der Waals surface area contributed by atoms with E-state index in [-0.39, 0.29) is 5.82 Å². The van der Waals surface area contributed by atoms with Crippen molar-refractivity contribution in [2.24, 2.45) is 5.73 Å². The van der Waals surface area contributed by atoms with Crippen LogP contribution in [0.4, 0.5) is 4.39 Å². The summed E-state index contributed by atoms with van der Waals surface area (Å²) in [5.74, 6) is -0.320. The van der Waals surface area contributed by atoms with E-state index in [1.54, 1.807) is 18.2 Å². The zero-order valence-electron chi connectivity index (χ0n) is 12.0. The van der Waals surface area contributed by atoms with Crippen LogP contribution in [0, 0.1) is 5.82 Å². The van der Waals surface area contributed by atoms with Crippen molar-refractivity contribution >= 4 is 27.5 Å². The van der Waals surface area contributed by atoms with E-state index in [9.17, 15) is 4.39 Å². The van der Waals surface area contributed by atoms with Gasteiger partial charge in [0.1, 0.15) is 5.82 Å². The SMILES string of the molecule is CCc1nn(CC)c(CC(N)c2cccc(Br)c2F)c1Cl. The van der Waals surface area contributed by atoms with Gasteiger partial charge in [-0.3, -0.25) is 4.68 Å². The van der Waals surface area contributed by atoms with Gasteiger partial charge in [-0.15, -0.1) is 0 Å². The number of rotatable bonds is 5. The summed E-state index contributed by atoms with van der Waals surface area (Å²) >= 11 is 9.55. The Morgan fingerprint density at radius 3 is 2.76 bits per heavy atom. The number of halogens is 3. The van der Waals surface area contributed by atoms with E-state index < -0.39 is 6.04 Å². The maximum atomic E-state index is 14.1. The molecule has 1 unspecified atom stereocenters. The number of nitrogens with zero attached hydrogens (tertiary/aromatic N) is 2. The summed E-state index contributed by atoms with van der Waals surface area (Å²) in [6.07, 6.45) is 1.21. The van der Waals surface area contributed by atoms with Crippen LogP contribution < -0.4 is 5.73 Å². The summed E-state index contributed by atoms with van der Waals surface area (Å²) in [6, 6.07) is 4.67. The molecule has 0 saturated heterocycles. The molecule has 2 rings (SSSR count). The quantitative estimate of drug-likeness (QED) is 0.849. The molecule has 21 heavy (non-hydrogen) atoms. The van der Waals surface area contributed by atoms with Crippen LogP contribution in [0.1, 0.15) is 36.8 Å². The maximum absolute atomic E-state index is 14.1. The van der Waals surface area contributed by atoms with Gasteiger partial charge in [0.15, 0.2) is 0 Å². The summed E-state index contributed by atoms with van der Waals surface area (Å²) in [5, 5.41) is 5.10. The van der Waals surface area contributed by atoms with Gasteiger partial charge in [-0.25, -0.2) is 4.39 Å². The molecule has 2 N–H and O–H groups in total. The van der Waals surface area contributed by atoms with Gasteiger partial charge in [0.2, 0.25) is 0 Å². The molecule has 1 atom stereocenters. The van der Waals surface area contributed by atoms with Crippen molar-refractivity contribution in [1.29, 1.82) is 0 Å². The Morgan fingerprint density at radius 1 is 1.43 bits per heavy atom. The smallest absolute Gasteiger partial charge is 0.142 e. The first-order chi connectivity index (χ1) is 9.99. The molecular weight excluding hydrogens is 357 g/mol. The average Bonchev–Trinajstić information content (AvgIpc) is 2.78. The lowest BCUT2D eigenvalue weighted by Gasteiger charge is -2.15. The summed E-state index contributed by atoms with van der Waals surface area (Å²) in [4.78, 5) is 0. The predicted octanol–water partition coefficient (Wildman–Crippen LogP) is 4.26. The number of hydrogen-bond donors (Lipinski definition) is 1. The Labute approximate surface area is 137 Å². The minimum atomic E-state index is -0.466. The van der Waals surface area contributed by atoms with Crippen molar-refractivity contribution < 1.29 is 4.39 Å². The van der Waals surface area contributed by atoms with Crippen LogP contribution in [0.3, 0.4) is 0 Å². The molecule has 0 radical (unpaired) electrons. The van der Waals surface area contributed by atoms with E-state index in [2.05, 4.69) is 21.0 Å². The van der Waals surface area contributed by atoms with Crippen molar-refractivity contribution in [3.8, 4) is 0 Å². The van der Waals surface area contributed by atoms with Gasteiger partial charge in [0, 0.05) is 24.6 Å². The number of nitrogens with two attached hydrogens (primary N) is 1. The van der Waals surface area contributed by atoms with Gasteiger partial charge in [-0.1, -0.05) is 30.7 Å². The summed E-state index contributed by atoms with van der Waals surface area (Å²) < 4.78 is 16.4. The Balaban J connectivity index is 2.33. The minimum absolute atomic E-state index is 0.320. The van der Waals surface area contributed by atoms with Crippen molar-refractivity contribution in [3.63, 3.8) is 0 Å². The third kappa shape index (κ3) is 3.30. The lowest BCUT2D eigenvalue weighted by molar-refractivity contribution is 0.552. The van der Waals surface area contributed by atoms with Crippen LogP contribution in [-0.2, 0) is 19.4 Å². The second kappa shape index (κ2) is 6.90. The second-order valence-corrected chi connectivity index (χ2v) is 6.06. The molecule has 3 nitrogen and oxygen atoms in total. The largest absolute Gasteiger partial charge is 0.324 e. The molecule has 0 saturated carbocycles. The van der Waals surface area contributed by atoms with Crippen LogP contribution >= 0.6 is 27.5 Å². The van der Waals surface area contributed by atoms with Crippen LogP contribution in [-0.4, -0.2) is 9.78 Å². The average molecular weight is 375 g/mol. The number of hydrogen-bond acceptors (Lipinski definition) is 2. The van der Waals surface area contributed by atoms with Gasteiger partial charge < -0.3 is 5.73 Å². The van der Waals surface area contributed by atoms with E-state index >= 15 is 0 Å². The highest BCUT2D eigenvalue weighted by Gasteiger charge is 2.20. The van der Waals surface area contributed by atoms with E-state index in [1.807, 2.05) is 18.5 Å². The normalized spacial score (nSPS) is 12.7. The molecule has 0 bridgehead atoms. The first-order valence-corrected chi connectivity index (χ1v) is 8.10. The molecule has 114 valence electrons. The highest BCUT2D eigenvalue weighted by atomic mass is 79.9. The monoisotopic (exact) mass is 373 g/mol. The molecule has 0 aliphatic rings. The second-order valence-electron chi connectivity index (χ2n) is 4.83. The first kappa shape index (κ1) is 16.5. The van der Waals surface area contributed by atoms with Crippen LogP contribution in [0.15, 0.2) is 22.7 Å². The van der Waals surface area contributed by atoms with Gasteiger partial charge in [0.05, 0.1) is 20.9 Å². The van der Waals surface area contributed by atoms with Gasteiger partial charge in [-0.2, -0.15) is 5.10 Å². The Morgan fingerprint density at radius 2 is 2.14 bits per heavy atom. The van der Waals surface area contributed by atoms with Gasteiger partial charge >= 0.3 is 0 Å². The molecule has 0 aliphatic heterocycles. The highest BCUT2D eigenvalue weighted by molar-refractivity contribution is 9.10. The summed E-state index contributed by atoms with van der Waals surface area (Å²) in [7, 11) is 0. The fraction of sp³-hybridized carbons (Fsp3) is 0.400. The minimum Gasteiger partial charge on any atom is -0.324 e. The Bertz CT molecular complexity index is 642. The topological polar surface area (TPSA) is 43.8 Å². The van der Waals surface area contributed by atoms with E-state index in [0.717, 1.165) is 17.8 Å². The third-order valence-electron chi connectivity index (χ3n) is 3.49. The standard InChI is InChI=1S/C15H18BrClFN3/c1-3-12-14(17)13(21(4-2)20-12)8-11(19)9-6-5-7-10(16)15(9)18/h5-7,11H,3-4,8,19H2,1-2H3. The summed E-state index contributed by atoms with van der Waals surface area (Å²) in [6.45, 7) is 4.71. The number of aromatic nitrogens is 2. The number of aryl methyl sites for hydroxylation is 2. The molecule has 0 spiro atoms. The first-order valence-electron chi connectivity index (χ1n) is 6.93. The zero-order valence-corrected chi connectivity index (χ0v) is 14.4. The third-order valence-corrected chi connectivity index (χ3v) is 4.54. The van der Waals surface area contributed by atoms with Crippen molar-refractivity contribution in [2.75, 3.05) is 0 Å². The molecule has 0 amide bonds. The van der Waals surface area contributed by atoms with E-state index in [1.165, 1.54) is 0 Å². The predicted molar refractivity (Wildman–Crippen MR) is 87.0 cm³/mol. The molecule has 1 aromatic carbocycles. The van der Waals surface area contributed by atoms with Crippen LogP contribution in [0.2, 0.25) is 5.02 Å². The highest BCUT2D eigenvalue weighted by Crippen LogP contribution is 2.28. The fourth-order valence-electron chi connectivity index (χ4n) is 2.34. The van der Waals surface area contributed by atoms with Crippen LogP contribution in [0.5, 0.6) is 0 Å². The van der Waals surface area contributed by atoms with Crippen molar-refractivity contribution in [1.82, 2.24) is 9.78 Å². The maximum Gasteiger partial charge on any atom is 0.142 e. The van der Waals surface area contributed by atoms with Crippen molar-refractivity contribution in [2.45, 2.75) is 39.3 Å². The molecule has 1 heterocycles. The van der Waals surface area contributed by atoms with E-state index in [0.29, 0.717) is 28.0 Å². The molecular formula is C15H18BrClFN3. The lowest BCUT2D eigenvalue weighted by atomic mass is 10.0. The molecule has 0 fully saturated rings. The van der Waals surface area contributed by atoms with Gasteiger partial charge in [0.25, 0.3) is 0 Å². The Kier molecular flexibility index (Phi) is 5.41. The van der Waals surface area contributed by atoms with Crippen molar-refractivity contribution in [3.05, 3.63) is 50.5 Å². The molecule has 6 heteroatoms. The lowest BCUT2D eigenvalue weighted by Crippen LogP contribution is -2.17. The Hall–Kier alpha value is -0.910. The molecule has 0 aliphatic carbocycles. The summed E-state index contributed by atoms with van der Waals surface area (Å²) in [5.41, 5.74) is 8.37. The van der Waals surface area contributed by atoms with Crippen LogP contribution in [0.25, 0.3) is 0 Å². The van der Waals surface area contributed by atoms with Gasteiger partial charge in [-0.05, 0) is 35.3 Å². The zero-order chi connectivity index (χ0) is 15.6. The fourth-order valence-corrected chi connectivity index (χ4v) is 3.07.